The number of Topliss-reactive ketones (excluding diaryl/α,β-unsaturated/α-hetero) is 1. The zero-order valence-corrected chi connectivity index (χ0v) is 22.0. The second-order valence-electron chi connectivity index (χ2n) is 9.33. The van der Waals surface area contributed by atoms with Gasteiger partial charge in [0.25, 0.3) is 17.5 Å². The normalized spacial score (nSPS) is 12.2. The van der Waals surface area contributed by atoms with Gasteiger partial charge in [-0.05, 0) is 79.6 Å². The van der Waals surface area contributed by atoms with Gasteiger partial charge in [-0.2, -0.15) is 0 Å². The molecule has 4 aromatic carbocycles. The van der Waals surface area contributed by atoms with Gasteiger partial charge in [0.1, 0.15) is 11.5 Å². The highest BCUT2D eigenvalue weighted by Crippen LogP contribution is 2.33. The van der Waals surface area contributed by atoms with E-state index in [-0.39, 0.29) is 27.9 Å². The number of hydrogen-bond donors (Lipinski definition) is 0. The van der Waals surface area contributed by atoms with Crippen molar-refractivity contribution in [3.63, 3.8) is 0 Å². The molecule has 0 spiro atoms. The average Bonchev–Trinajstić information content (AvgIpc) is 3.22. The molecule has 0 N–H and O–H groups in total. The molecule has 0 saturated heterocycles. The Morgan fingerprint density at radius 1 is 0.805 bits per heavy atom. The summed E-state index contributed by atoms with van der Waals surface area (Å²) < 4.78 is 11.1. The highest BCUT2D eigenvalue weighted by atomic mass is 16.6. The van der Waals surface area contributed by atoms with E-state index < -0.39 is 35.1 Å². The number of esters is 1. The van der Waals surface area contributed by atoms with Crippen LogP contribution in [0, 0.1) is 24.0 Å². The van der Waals surface area contributed by atoms with Crippen molar-refractivity contribution in [1.29, 1.82) is 0 Å². The third-order valence-corrected chi connectivity index (χ3v) is 6.58. The lowest BCUT2D eigenvalue weighted by molar-refractivity contribution is -0.384. The summed E-state index contributed by atoms with van der Waals surface area (Å²) in [5, 5.41) is 10.8. The molecule has 0 aromatic heterocycles. The zero-order valence-electron chi connectivity index (χ0n) is 22.0. The van der Waals surface area contributed by atoms with Crippen LogP contribution in [0.1, 0.15) is 52.6 Å². The SMILES string of the molecule is Cc1cccc(C)c1Oc1ccc(N2C(=O)c3ccc(C(=O)OCC(=O)c4ccc([N+](=O)[O-])cc4)cc3C2=O)cc1. The number of nitro benzene ring substituents is 1. The standard InChI is InChI=1S/C31H22N2O8/c1-18-4-3-5-19(2)28(18)41-24-13-11-22(12-14-24)32-29(35)25-15-8-21(16-26(25)30(32)36)31(37)40-17-27(34)20-6-9-23(10-7-20)33(38)39/h3-16H,17H2,1-2H3. The molecular formula is C31H22N2O8. The maximum atomic E-state index is 13.2. The van der Waals surface area contributed by atoms with Gasteiger partial charge < -0.3 is 9.47 Å². The predicted octanol–water partition coefficient (Wildman–Crippen LogP) is 5.84. The molecule has 204 valence electrons. The van der Waals surface area contributed by atoms with Crippen LogP contribution in [0.4, 0.5) is 11.4 Å². The number of imide groups is 1. The number of nitro groups is 1. The fourth-order valence-corrected chi connectivity index (χ4v) is 4.41. The molecule has 4 aromatic rings. The van der Waals surface area contributed by atoms with Crippen LogP contribution in [0.2, 0.25) is 0 Å². The Balaban J connectivity index is 1.27. The molecule has 41 heavy (non-hydrogen) atoms. The summed E-state index contributed by atoms with van der Waals surface area (Å²) in [6.07, 6.45) is 0. The van der Waals surface area contributed by atoms with Crippen LogP contribution in [0.5, 0.6) is 11.5 Å². The van der Waals surface area contributed by atoms with E-state index in [9.17, 15) is 29.3 Å². The van der Waals surface area contributed by atoms with Gasteiger partial charge in [0.15, 0.2) is 12.4 Å². The smallest absolute Gasteiger partial charge is 0.338 e. The van der Waals surface area contributed by atoms with Crippen LogP contribution in [0.3, 0.4) is 0 Å². The van der Waals surface area contributed by atoms with Crippen molar-refractivity contribution in [3.8, 4) is 11.5 Å². The van der Waals surface area contributed by atoms with E-state index in [0.29, 0.717) is 11.4 Å². The monoisotopic (exact) mass is 550 g/mol. The maximum absolute atomic E-state index is 13.2. The van der Waals surface area contributed by atoms with E-state index in [1.165, 1.54) is 42.5 Å². The summed E-state index contributed by atoms with van der Waals surface area (Å²) >= 11 is 0. The molecule has 0 aliphatic carbocycles. The molecule has 1 aliphatic heterocycles. The van der Waals surface area contributed by atoms with E-state index in [1.807, 2.05) is 32.0 Å². The number of non-ortho nitro benzene ring substituents is 1. The third-order valence-electron chi connectivity index (χ3n) is 6.58. The molecule has 5 rings (SSSR count). The fraction of sp³-hybridized carbons (Fsp3) is 0.0968. The van der Waals surface area contributed by atoms with Gasteiger partial charge in [0, 0.05) is 17.7 Å². The van der Waals surface area contributed by atoms with E-state index in [2.05, 4.69) is 0 Å². The molecule has 0 atom stereocenters. The minimum absolute atomic E-state index is 0.0133. The molecule has 10 heteroatoms. The molecular weight excluding hydrogens is 528 g/mol. The molecule has 1 aliphatic rings. The third kappa shape index (κ3) is 5.30. The van der Waals surface area contributed by atoms with Crippen LogP contribution in [-0.4, -0.2) is 35.1 Å². The number of ether oxygens (including phenoxy) is 2. The van der Waals surface area contributed by atoms with Gasteiger partial charge in [-0.15, -0.1) is 0 Å². The Labute approximate surface area is 233 Å². The number of carbonyl (C=O) groups is 4. The molecule has 0 bridgehead atoms. The number of nitrogens with zero attached hydrogens (tertiary/aromatic N) is 2. The lowest BCUT2D eigenvalue weighted by atomic mass is 10.1. The molecule has 10 nitrogen and oxygen atoms in total. The van der Waals surface area contributed by atoms with Crippen LogP contribution in [0.25, 0.3) is 0 Å². The quantitative estimate of drug-likeness (QED) is 0.0878. The summed E-state index contributed by atoms with van der Waals surface area (Å²) in [5.41, 5.74) is 2.39. The number of carbonyl (C=O) groups excluding carboxylic acids is 4. The molecule has 2 amide bonds. The topological polar surface area (TPSA) is 133 Å². The highest BCUT2D eigenvalue weighted by molar-refractivity contribution is 6.34. The van der Waals surface area contributed by atoms with Crippen molar-refractivity contribution in [2.45, 2.75) is 13.8 Å². The van der Waals surface area contributed by atoms with Crippen molar-refractivity contribution in [2.75, 3.05) is 11.5 Å². The number of fused-ring (bicyclic) bond motifs is 1. The van der Waals surface area contributed by atoms with Gasteiger partial charge in [0.05, 0.1) is 27.3 Å². The van der Waals surface area contributed by atoms with Crippen molar-refractivity contribution in [1.82, 2.24) is 0 Å². The summed E-state index contributed by atoms with van der Waals surface area (Å²) in [5.74, 6) is -1.30. The van der Waals surface area contributed by atoms with Crippen LogP contribution < -0.4 is 9.64 Å². The van der Waals surface area contributed by atoms with Crippen molar-refractivity contribution < 1.29 is 33.6 Å². The second-order valence-corrected chi connectivity index (χ2v) is 9.33. The summed E-state index contributed by atoms with van der Waals surface area (Å²) in [4.78, 5) is 62.4. The predicted molar refractivity (Wildman–Crippen MR) is 148 cm³/mol. The van der Waals surface area contributed by atoms with E-state index in [1.54, 1.807) is 24.3 Å². The van der Waals surface area contributed by atoms with Crippen LogP contribution in [0.15, 0.2) is 84.9 Å². The van der Waals surface area contributed by atoms with Gasteiger partial charge in [0.2, 0.25) is 0 Å². The van der Waals surface area contributed by atoms with Crippen molar-refractivity contribution in [2.24, 2.45) is 0 Å². The minimum Gasteiger partial charge on any atom is -0.457 e. The largest absolute Gasteiger partial charge is 0.457 e. The summed E-state index contributed by atoms with van der Waals surface area (Å²) in [7, 11) is 0. The fourth-order valence-electron chi connectivity index (χ4n) is 4.41. The molecule has 0 fully saturated rings. The van der Waals surface area contributed by atoms with Crippen molar-refractivity contribution in [3.05, 3.63) is 128 Å². The first-order chi connectivity index (χ1) is 19.6. The Morgan fingerprint density at radius 3 is 2.05 bits per heavy atom. The average molecular weight is 551 g/mol. The maximum Gasteiger partial charge on any atom is 0.338 e. The number of hydrogen-bond acceptors (Lipinski definition) is 8. The van der Waals surface area contributed by atoms with E-state index >= 15 is 0 Å². The second kappa shape index (κ2) is 10.9. The van der Waals surface area contributed by atoms with Gasteiger partial charge in [-0.25, -0.2) is 9.69 Å². The van der Waals surface area contributed by atoms with Crippen LogP contribution >= 0.6 is 0 Å². The zero-order chi connectivity index (χ0) is 29.3. The number of ketones is 1. The van der Waals surface area contributed by atoms with E-state index in [4.69, 9.17) is 9.47 Å². The first-order valence-electron chi connectivity index (χ1n) is 12.5. The number of rotatable bonds is 8. The highest BCUT2D eigenvalue weighted by Gasteiger charge is 2.37. The minimum atomic E-state index is -0.866. The number of para-hydroxylation sites is 1. The number of amides is 2. The number of benzene rings is 4. The Hall–Kier alpha value is -5.64. The van der Waals surface area contributed by atoms with Gasteiger partial charge in [-0.1, -0.05) is 18.2 Å². The Morgan fingerprint density at radius 2 is 1.41 bits per heavy atom. The number of aryl methyl sites for hydroxylation is 2. The Bertz CT molecular complexity index is 1710. The number of anilines is 1. The molecule has 1 heterocycles. The first kappa shape index (κ1) is 26.9. The van der Waals surface area contributed by atoms with E-state index in [0.717, 1.165) is 21.8 Å². The molecule has 0 radical (unpaired) electrons. The van der Waals surface area contributed by atoms with Crippen LogP contribution in [-0.2, 0) is 4.74 Å². The lowest BCUT2D eigenvalue weighted by Crippen LogP contribution is -2.29. The van der Waals surface area contributed by atoms with Gasteiger partial charge >= 0.3 is 5.97 Å². The van der Waals surface area contributed by atoms with Crippen molar-refractivity contribution >= 4 is 34.9 Å². The summed E-state index contributed by atoms with van der Waals surface area (Å²) in [6, 6.07) is 21.2. The Kier molecular flexibility index (Phi) is 7.13. The lowest BCUT2D eigenvalue weighted by Gasteiger charge is -2.15. The molecule has 0 saturated carbocycles. The summed E-state index contributed by atoms with van der Waals surface area (Å²) in [6.45, 7) is 3.27. The van der Waals surface area contributed by atoms with Gasteiger partial charge in [-0.3, -0.25) is 24.5 Å². The first-order valence-corrected chi connectivity index (χ1v) is 12.5. The molecule has 0 unspecified atom stereocenters.